The first-order chi connectivity index (χ1) is 9.58. The van der Waals surface area contributed by atoms with Gasteiger partial charge in [-0.3, -0.25) is 4.79 Å². The van der Waals surface area contributed by atoms with Gasteiger partial charge < -0.3 is 20.5 Å². The standard InChI is InChI=1S/C15H30N2O3/c1-4-14(5-2,8-11-18)12-17-13(19)15(20-3)6-9-16-10-7-15/h16,18H,4-12H2,1-3H3,(H,17,19). The second-order valence-electron chi connectivity index (χ2n) is 5.81. The van der Waals surface area contributed by atoms with Crippen molar-refractivity contribution < 1.29 is 14.6 Å². The summed E-state index contributed by atoms with van der Waals surface area (Å²) in [6, 6.07) is 0. The van der Waals surface area contributed by atoms with Crippen LogP contribution >= 0.6 is 0 Å². The molecular weight excluding hydrogens is 256 g/mol. The lowest BCUT2D eigenvalue weighted by Crippen LogP contribution is -2.55. The summed E-state index contributed by atoms with van der Waals surface area (Å²) >= 11 is 0. The van der Waals surface area contributed by atoms with Gasteiger partial charge in [-0.2, -0.15) is 0 Å². The third-order valence-electron chi connectivity index (χ3n) is 4.98. The average Bonchev–Trinajstić information content (AvgIpc) is 2.52. The monoisotopic (exact) mass is 286 g/mol. The molecule has 0 aromatic carbocycles. The van der Waals surface area contributed by atoms with E-state index in [-0.39, 0.29) is 17.9 Å². The normalized spacial score (nSPS) is 18.8. The van der Waals surface area contributed by atoms with E-state index in [4.69, 9.17) is 4.74 Å². The topological polar surface area (TPSA) is 70.6 Å². The van der Waals surface area contributed by atoms with E-state index in [2.05, 4.69) is 24.5 Å². The van der Waals surface area contributed by atoms with Gasteiger partial charge in [0.15, 0.2) is 0 Å². The minimum atomic E-state index is -0.683. The lowest BCUT2D eigenvalue weighted by molar-refractivity contribution is -0.147. The largest absolute Gasteiger partial charge is 0.396 e. The zero-order valence-corrected chi connectivity index (χ0v) is 13.1. The minimum absolute atomic E-state index is 0.00768. The number of nitrogens with one attached hydrogen (secondary N) is 2. The van der Waals surface area contributed by atoms with E-state index in [0.29, 0.717) is 19.4 Å². The van der Waals surface area contributed by atoms with Crippen molar-refractivity contribution in [2.75, 3.05) is 33.4 Å². The van der Waals surface area contributed by atoms with Crippen LogP contribution in [0.1, 0.15) is 46.0 Å². The van der Waals surface area contributed by atoms with Gasteiger partial charge >= 0.3 is 0 Å². The van der Waals surface area contributed by atoms with Gasteiger partial charge in [-0.25, -0.2) is 0 Å². The maximum Gasteiger partial charge on any atom is 0.252 e. The predicted octanol–water partition coefficient (Wildman–Crippen LogP) is 1.06. The second-order valence-corrected chi connectivity index (χ2v) is 5.81. The summed E-state index contributed by atoms with van der Waals surface area (Å²) in [5.74, 6) is -0.00860. The van der Waals surface area contributed by atoms with E-state index in [9.17, 15) is 9.90 Å². The SMILES string of the molecule is CCC(CC)(CCO)CNC(=O)C1(OC)CCNCC1. The van der Waals surface area contributed by atoms with E-state index in [1.807, 2.05) is 0 Å². The molecule has 1 saturated heterocycles. The summed E-state index contributed by atoms with van der Waals surface area (Å²) in [7, 11) is 1.62. The van der Waals surface area contributed by atoms with Gasteiger partial charge in [-0.15, -0.1) is 0 Å². The number of ether oxygens (including phenoxy) is 1. The summed E-state index contributed by atoms with van der Waals surface area (Å²) < 4.78 is 5.53. The Hall–Kier alpha value is -0.650. The Balaban J connectivity index is 2.64. The van der Waals surface area contributed by atoms with Crippen LogP contribution in [0, 0.1) is 5.41 Å². The molecule has 1 aliphatic heterocycles. The number of carbonyl (C=O) groups excluding carboxylic acids is 1. The van der Waals surface area contributed by atoms with Gasteiger partial charge in [0, 0.05) is 20.3 Å². The van der Waals surface area contributed by atoms with Crippen molar-refractivity contribution in [3.8, 4) is 0 Å². The molecule has 0 radical (unpaired) electrons. The Kier molecular flexibility index (Phi) is 6.92. The molecule has 118 valence electrons. The Morgan fingerprint density at radius 3 is 2.40 bits per heavy atom. The number of carbonyl (C=O) groups is 1. The fraction of sp³-hybridized carbons (Fsp3) is 0.933. The third kappa shape index (κ3) is 3.93. The van der Waals surface area contributed by atoms with Crippen molar-refractivity contribution in [2.24, 2.45) is 5.41 Å². The summed E-state index contributed by atoms with van der Waals surface area (Å²) in [4.78, 5) is 12.5. The molecule has 5 nitrogen and oxygen atoms in total. The quantitative estimate of drug-likeness (QED) is 0.624. The molecule has 20 heavy (non-hydrogen) atoms. The van der Waals surface area contributed by atoms with Gasteiger partial charge in [-0.1, -0.05) is 13.8 Å². The number of rotatable bonds is 8. The van der Waals surface area contributed by atoms with E-state index < -0.39 is 5.60 Å². The lowest BCUT2D eigenvalue weighted by Gasteiger charge is -2.37. The lowest BCUT2D eigenvalue weighted by atomic mass is 9.79. The molecule has 5 heteroatoms. The molecule has 0 aromatic heterocycles. The Labute approximate surface area is 122 Å². The van der Waals surface area contributed by atoms with Crippen LogP contribution in [0.4, 0.5) is 0 Å². The number of amides is 1. The van der Waals surface area contributed by atoms with Crippen LogP contribution in [0.5, 0.6) is 0 Å². The van der Waals surface area contributed by atoms with E-state index in [0.717, 1.165) is 32.4 Å². The first-order valence-electron chi connectivity index (χ1n) is 7.73. The first kappa shape index (κ1) is 17.4. The number of hydrogen-bond acceptors (Lipinski definition) is 4. The zero-order chi connectivity index (χ0) is 15.1. The highest BCUT2D eigenvalue weighted by Crippen LogP contribution is 2.30. The Bertz CT molecular complexity index is 297. The molecule has 1 rings (SSSR count). The van der Waals surface area contributed by atoms with Crippen molar-refractivity contribution >= 4 is 5.91 Å². The number of hydrogen-bond donors (Lipinski definition) is 3. The van der Waals surface area contributed by atoms with Crippen molar-refractivity contribution in [3.63, 3.8) is 0 Å². The Morgan fingerprint density at radius 2 is 1.95 bits per heavy atom. The molecular formula is C15H30N2O3. The van der Waals surface area contributed by atoms with Crippen molar-refractivity contribution in [1.29, 1.82) is 0 Å². The molecule has 0 aromatic rings. The smallest absolute Gasteiger partial charge is 0.252 e. The van der Waals surface area contributed by atoms with Crippen LogP contribution in [0.25, 0.3) is 0 Å². The molecule has 0 bridgehead atoms. The highest BCUT2D eigenvalue weighted by molar-refractivity contribution is 5.85. The second kappa shape index (κ2) is 7.96. The maximum atomic E-state index is 12.5. The van der Waals surface area contributed by atoms with Gasteiger partial charge in [0.2, 0.25) is 0 Å². The molecule has 0 atom stereocenters. The van der Waals surface area contributed by atoms with E-state index in [1.165, 1.54) is 0 Å². The van der Waals surface area contributed by atoms with Gasteiger partial charge in [0.1, 0.15) is 5.60 Å². The molecule has 3 N–H and O–H groups in total. The van der Waals surface area contributed by atoms with Gasteiger partial charge in [-0.05, 0) is 50.6 Å². The van der Waals surface area contributed by atoms with Crippen molar-refractivity contribution in [3.05, 3.63) is 0 Å². The molecule has 0 aliphatic carbocycles. The molecule has 0 unspecified atom stereocenters. The molecule has 0 spiro atoms. The molecule has 1 aliphatic rings. The van der Waals surface area contributed by atoms with Gasteiger partial charge in [0.05, 0.1) is 0 Å². The van der Waals surface area contributed by atoms with Crippen LogP contribution in [-0.4, -0.2) is 50.0 Å². The number of piperidine rings is 1. The van der Waals surface area contributed by atoms with Crippen LogP contribution in [0.15, 0.2) is 0 Å². The summed E-state index contributed by atoms with van der Waals surface area (Å²) in [5, 5.41) is 15.5. The van der Waals surface area contributed by atoms with Crippen LogP contribution in [-0.2, 0) is 9.53 Å². The maximum absolute atomic E-state index is 12.5. The first-order valence-corrected chi connectivity index (χ1v) is 7.73. The minimum Gasteiger partial charge on any atom is -0.396 e. The third-order valence-corrected chi connectivity index (χ3v) is 4.98. The number of aliphatic hydroxyl groups excluding tert-OH is 1. The molecule has 1 fully saturated rings. The highest BCUT2D eigenvalue weighted by Gasteiger charge is 2.40. The Morgan fingerprint density at radius 1 is 1.35 bits per heavy atom. The fourth-order valence-corrected chi connectivity index (χ4v) is 2.96. The van der Waals surface area contributed by atoms with Crippen molar-refractivity contribution in [1.82, 2.24) is 10.6 Å². The number of methoxy groups -OCH3 is 1. The molecule has 1 heterocycles. The van der Waals surface area contributed by atoms with Crippen LogP contribution in [0.3, 0.4) is 0 Å². The zero-order valence-electron chi connectivity index (χ0n) is 13.1. The van der Waals surface area contributed by atoms with E-state index in [1.54, 1.807) is 7.11 Å². The molecule has 1 amide bonds. The van der Waals surface area contributed by atoms with Crippen molar-refractivity contribution in [2.45, 2.75) is 51.6 Å². The fourth-order valence-electron chi connectivity index (χ4n) is 2.96. The predicted molar refractivity (Wildman–Crippen MR) is 79.6 cm³/mol. The van der Waals surface area contributed by atoms with Gasteiger partial charge in [0.25, 0.3) is 5.91 Å². The summed E-state index contributed by atoms with van der Waals surface area (Å²) in [6.07, 6.45) is 4.04. The van der Waals surface area contributed by atoms with Crippen LogP contribution in [0.2, 0.25) is 0 Å². The summed E-state index contributed by atoms with van der Waals surface area (Å²) in [6.45, 7) is 6.62. The summed E-state index contributed by atoms with van der Waals surface area (Å²) in [5.41, 5.74) is -0.691. The highest BCUT2D eigenvalue weighted by atomic mass is 16.5. The molecule has 0 saturated carbocycles. The van der Waals surface area contributed by atoms with Crippen LogP contribution < -0.4 is 10.6 Å². The number of aliphatic hydroxyl groups is 1. The average molecular weight is 286 g/mol. The van der Waals surface area contributed by atoms with E-state index >= 15 is 0 Å².